The molecule has 0 unspecified atom stereocenters. The number of hydrogen-bond donors (Lipinski definition) is 2. The minimum atomic E-state index is -0.367. The lowest BCUT2D eigenvalue weighted by Crippen LogP contribution is -2.13. The lowest BCUT2D eigenvalue weighted by molar-refractivity contribution is 1.20. The summed E-state index contributed by atoms with van der Waals surface area (Å²) in [5, 5.41) is 0. The highest BCUT2D eigenvalue weighted by molar-refractivity contribution is 5.73. The predicted molar refractivity (Wildman–Crippen MR) is 44.6 cm³/mol. The van der Waals surface area contributed by atoms with Crippen LogP contribution in [0.15, 0.2) is 23.3 Å². The molecule has 0 aliphatic rings. The number of fused-ring (bicyclic) bond motifs is 1. The number of anilines is 1. The Hall–Kier alpha value is -1.91. The number of H-pyrrole nitrogens is 1. The molecule has 0 radical (unpaired) electrons. The van der Waals surface area contributed by atoms with Gasteiger partial charge >= 0.3 is 0 Å². The third-order valence-corrected chi connectivity index (χ3v) is 1.52. The Morgan fingerprint density at radius 1 is 1.50 bits per heavy atom. The van der Waals surface area contributed by atoms with Crippen LogP contribution in [0.2, 0.25) is 0 Å². The quantitative estimate of drug-likeness (QED) is 0.566. The molecule has 2 rings (SSSR count). The summed E-state index contributed by atoms with van der Waals surface area (Å²) in [6.45, 7) is 0. The zero-order valence-corrected chi connectivity index (χ0v) is 6.11. The molecular formula is C7H6N4O. The first-order chi connectivity index (χ1) is 5.77. The van der Waals surface area contributed by atoms with Crippen molar-refractivity contribution in [1.82, 2.24) is 15.0 Å². The van der Waals surface area contributed by atoms with Crippen molar-refractivity contribution in [1.29, 1.82) is 0 Å². The van der Waals surface area contributed by atoms with E-state index in [1.54, 1.807) is 18.5 Å². The fourth-order valence-electron chi connectivity index (χ4n) is 0.948. The largest absolute Gasteiger partial charge is 0.379 e. The predicted octanol–water partition coefficient (Wildman–Crippen LogP) is -0.0997. The minimum absolute atomic E-state index is 0.0319. The van der Waals surface area contributed by atoms with Crippen LogP contribution in [-0.4, -0.2) is 15.0 Å². The molecule has 5 nitrogen and oxygen atoms in total. The van der Waals surface area contributed by atoms with Gasteiger partial charge in [0.2, 0.25) is 0 Å². The molecule has 0 bridgehead atoms. The van der Waals surface area contributed by atoms with E-state index in [1.807, 2.05) is 0 Å². The second-order valence-electron chi connectivity index (χ2n) is 2.34. The van der Waals surface area contributed by atoms with E-state index in [-0.39, 0.29) is 11.4 Å². The SMILES string of the molecule is Nc1nc2cnccc2[nH]c1=O. The summed E-state index contributed by atoms with van der Waals surface area (Å²) < 4.78 is 0. The van der Waals surface area contributed by atoms with Gasteiger partial charge in [-0.1, -0.05) is 0 Å². The number of aromatic nitrogens is 3. The molecule has 2 heterocycles. The first-order valence-corrected chi connectivity index (χ1v) is 3.37. The molecule has 0 fully saturated rings. The van der Waals surface area contributed by atoms with E-state index in [2.05, 4.69) is 15.0 Å². The Morgan fingerprint density at radius 2 is 2.33 bits per heavy atom. The highest BCUT2D eigenvalue weighted by atomic mass is 16.1. The number of nitrogen functional groups attached to an aromatic ring is 1. The van der Waals surface area contributed by atoms with E-state index in [0.29, 0.717) is 11.0 Å². The van der Waals surface area contributed by atoms with E-state index < -0.39 is 0 Å². The lowest BCUT2D eigenvalue weighted by atomic mass is 10.4. The van der Waals surface area contributed by atoms with Crippen molar-refractivity contribution < 1.29 is 0 Å². The summed E-state index contributed by atoms with van der Waals surface area (Å²) in [5.41, 5.74) is 6.17. The number of nitrogens with zero attached hydrogens (tertiary/aromatic N) is 2. The minimum Gasteiger partial charge on any atom is -0.379 e. The second-order valence-corrected chi connectivity index (χ2v) is 2.34. The van der Waals surface area contributed by atoms with Crippen molar-refractivity contribution >= 4 is 16.9 Å². The first-order valence-electron chi connectivity index (χ1n) is 3.37. The molecule has 60 valence electrons. The molecule has 0 amide bonds. The van der Waals surface area contributed by atoms with Crippen LogP contribution >= 0.6 is 0 Å². The molecule has 2 aromatic heterocycles. The average Bonchev–Trinajstić information content (AvgIpc) is 2.07. The number of nitrogens with one attached hydrogen (secondary N) is 1. The van der Waals surface area contributed by atoms with Crippen LogP contribution in [0.1, 0.15) is 0 Å². The zero-order chi connectivity index (χ0) is 8.55. The smallest absolute Gasteiger partial charge is 0.290 e. The summed E-state index contributed by atoms with van der Waals surface area (Å²) in [7, 11) is 0. The maximum atomic E-state index is 11.0. The highest BCUT2D eigenvalue weighted by Gasteiger charge is 1.98. The second kappa shape index (κ2) is 2.30. The van der Waals surface area contributed by atoms with Gasteiger partial charge in [0.25, 0.3) is 5.56 Å². The molecule has 0 atom stereocenters. The number of rotatable bonds is 0. The van der Waals surface area contributed by atoms with Crippen molar-refractivity contribution in [3.63, 3.8) is 0 Å². The van der Waals surface area contributed by atoms with Crippen LogP contribution in [0, 0.1) is 0 Å². The summed E-state index contributed by atoms with van der Waals surface area (Å²) in [4.78, 5) is 21.2. The van der Waals surface area contributed by atoms with E-state index in [9.17, 15) is 4.79 Å². The van der Waals surface area contributed by atoms with Crippen LogP contribution in [0.25, 0.3) is 11.0 Å². The zero-order valence-electron chi connectivity index (χ0n) is 6.11. The molecule has 2 aromatic rings. The van der Waals surface area contributed by atoms with Gasteiger partial charge in [0.05, 0.1) is 11.7 Å². The molecule has 3 N–H and O–H groups in total. The normalized spacial score (nSPS) is 10.3. The van der Waals surface area contributed by atoms with Crippen LogP contribution in [0.5, 0.6) is 0 Å². The van der Waals surface area contributed by atoms with Gasteiger partial charge in [0.1, 0.15) is 5.52 Å². The topological polar surface area (TPSA) is 84.7 Å². The maximum absolute atomic E-state index is 11.0. The summed E-state index contributed by atoms with van der Waals surface area (Å²) in [6.07, 6.45) is 3.12. The van der Waals surface area contributed by atoms with Crippen molar-refractivity contribution in [2.75, 3.05) is 5.73 Å². The van der Waals surface area contributed by atoms with Crippen LogP contribution in [0.3, 0.4) is 0 Å². The lowest BCUT2D eigenvalue weighted by Gasteiger charge is -1.95. The van der Waals surface area contributed by atoms with Gasteiger partial charge in [-0.3, -0.25) is 9.78 Å². The van der Waals surface area contributed by atoms with Crippen LogP contribution in [-0.2, 0) is 0 Å². The Balaban J connectivity index is 2.93. The Morgan fingerprint density at radius 3 is 3.17 bits per heavy atom. The first kappa shape index (κ1) is 6.78. The van der Waals surface area contributed by atoms with Gasteiger partial charge in [0, 0.05) is 6.20 Å². The number of nitrogens with two attached hydrogens (primary N) is 1. The molecule has 0 saturated carbocycles. The number of pyridine rings is 1. The van der Waals surface area contributed by atoms with E-state index >= 15 is 0 Å². The van der Waals surface area contributed by atoms with Gasteiger partial charge in [-0.15, -0.1) is 0 Å². The molecule has 5 heteroatoms. The van der Waals surface area contributed by atoms with Crippen molar-refractivity contribution in [3.05, 3.63) is 28.8 Å². The fraction of sp³-hybridized carbons (Fsp3) is 0. The van der Waals surface area contributed by atoms with Crippen molar-refractivity contribution in [3.8, 4) is 0 Å². The fourth-order valence-corrected chi connectivity index (χ4v) is 0.948. The van der Waals surface area contributed by atoms with Crippen LogP contribution < -0.4 is 11.3 Å². The Labute approximate surface area is 67.3 Å². The molecule has 0 spiro atoms. The van der Waals surface area contributed by atoms with Crippen LogP contribution in [0.4, 0.5) is 5.82 Å². The summed E-state index contributed by atoms with van der Waals surface area (Å²) >= 11 is 0. The molecular weight excluding hydrogens is 156 g/mol. The highest BCUT2D eigenvalue weighted by Crippen LogP contribution is 2.03. The van der Waals surface area contributed by atoms with Gasteiger partial charge in [-0.05, 0) is 6.07 Å². The number of aromatic amines is 1. The van der Waals surface area contributed by atoms with Gasteiger partial charge in [0.15, 0.2) is 5.82 Å². The van der Waals surface area contributed by atoms with E-state index in [0.717, 1.165) is 0 Å². The Bertz CT molecular complexity index is 476. The summed E-state index contributed by atoms with van der Waals surface area (Å²) in [6, 6.07) is 1.67. The average molecular weight is 162 g/mol. The molecule has 0 aliphatic heterocycles. The molecule has 0 saturated heterocycles. The van der Waals surface area contributed by atoms with E-state index in [1.165, 1.54) is 0 Å². The summed E-state index contributed by atoms with van der Waals surface area (Å²) in [5.74, 6) is -0.0319. The van der Waals surface area contributed by atoms with E-state index in [4.69, 9.17) is 5.73 Å². The molecule has 0 aliphatic carbocycles. The molecule has 12 heavy (non-hydrogen) atoms. The number of hydrogen-bond acceptors (Lipinski definition) is 4. The van der Waals surface area contributed by atoms with Gasteiger partial charge < -0.3 is 10.7 Å². The maximum Gasteiger partial charge on any atom is 0.290 e. The monoisotopic (exact) mass is 162 g/mol. The van der Waals surface area contributed by atoms with Crippen molar-refractivity contribution in [2.24, 2.45) is 0 Å². The third-order valence-electron chi connectivity index (χ3n) is 1.52. The standard InChI is InChI=1S/C7H6N4O/c8-6-7(12)11-4-1-2-9-3-5(4)10-6/h1-3H,(H2,8,10)(H,11,12). The third kappa shape index (κ3) is 0.914. The van der Waals surface area contributed by atoms with Gasteiger partial charge in [-0.2, -0.15) is 0 Å². The Kier molecular flexibility index (Phi) is 1.30. The van der Waals surface area contributed by atoms with Gasteiger partial charge in [-0.25, -0.2) is 4.98 Å². The molecule has 0 aromatic carbocycles. The van der Waals surface area contributed by atoms with Crippen molar-refractivity contribution in [2.45, 2.75) is 0 Å².